The number of piperidine rings is 2. The largest absolute Gasteiger partial charge is 0.369 e. The van der Waals surface area contributed by atoms with Gasteiger partial charge in [0.1, 0.15) is 0 Å². The van der Waals surface area contributed by atoms with E-state index >= 15 is 0 Å². The Morgan fingerprint density at radius 2 is 1.95 bits per heavy atom. The molecule has 110 valence electrons. The van der Waals surface area contributed by atoms with Crippen LogP contribution in [0.15, 0.2) is 0 Å². The summed E-state index contributed by atoms with van der Waals surface area (Å²) in [5, 5.41) is 3.26. The van der Waals surface area contributed by atoms with Crippen molar-refractivity contribution >= 4 is 24.2 Å². The first-order valence-electron chi connectivity index (χ1n) is 6.90. The van der Waals surface area contributed by atoms with Gasteiger partial charge in [0.25, 0.3) is 0 Å². The van der Waals surface area contributed by atoms with Crippen molar-refractivity contribution in [3.8, 4) is 0 Å². The molecule has 0 radical (unpaired) electrons. The molecule has 0 bridgehead atoms. The number of carbonyl (C=O) groups is 2. The van der Waals surface area contributed by atoms with Crippen molar-refractivity contribution in [2.45, 2.75) is 38.6 Å². The lowest BCUT2D eigenvalue weighted by molar-refractivity contribution is -0.142. The Hall–Kier alpha value is -0.810. The fourth-order valence-electron chi connectivity index (χ4n) is 2.94. The van der Waals surface area contributed by atoms with Gasteiger partial charge in [-0.3, -0.25) is 9.59 Å². The summed E-state index contributed by atoms with van der Waals surface area (Å²) in [7, 11) is 0. The van der Waals surface area contributed by atoms with Crippen LogP contribution in [-0.4, -0.2) is 42.4 Å². The zero-order chi connectivity index (χ0) is 13.1. The minimum atomic E-state index is -0.276. The lowest BCUT2D eigenvalue weighted by Crippen LogP contribution is -2.52. The summed E-state index contributed by atoms with van der Waals surface area (Å²) >= 11 is 0. The van der Waals surface area contributed by atoms with Crippen molar-refractivity contribution in [1.29, 1.82) is 0 Å². The van der Waals surface area contributed by atoms with Crippen molar-refractivity contribution in [2.24, 2.45) is 17.6 Å². The van der Waals surface area contributed by atoms with Crippen LogP contribution >= 0.6 is 12.4 Å². The van der Waals surface area contributed by atoms with E-state index in [2.05, 4.69) is 12.2 Å². The van der Waals surface area contributed by atoms with E-state index in [0.29, 0.717) is 6.54 Å². The number of nitrogens with zero attached hydrogens (tertiary/aromatic N) is 1. The highest BCUT2D eigenvalue weighted by molar-refractivity contribution is 5.85. The Morgan fingerprint density at radius 3 is 2.53 bits per heavy atom. The molecule has 5 nitrogen and oxygen atoms in total. The highest BCUT2D eigenvalue weighted by Gasteiger charge is 2.34. The van der Waals surface area contributed by atoms with Gasteiger partial charge in [-0.25, -0.2) is 0 Å². The Morgan fingerprint density at radius 1 is 1.21 bits per heavy atom. The average Bonchev–Trinajstić information content (AvgIpc) is 2.39. The molecule has 19 heavy (non-hydrogen) atoms. The monoisotopic (exact) mass is 289 g/mol. The van der Waals surface area contributed by atoms with Crippen LogP contribution in [0.2, 0.25) is 0 Å². The van der Waals surface area contributed by atoms with Crippen LogP contribution in [-0.2, 0) is 9.59 Å². The van der Waals surface area contributed by atoms with Crippen molar-refractivity contribution in [2.75, 3.05) is 19.6 Å². The number of rotatable bonds is 2. The molecule has 2 rings (SSSR count). The SMILES string of the molecule is CC1CCC(C(N)=O)CN1C(=O)C1CCCNC1.Cl. The minimum Gasteiger partial charge on any atom is -0.369 e. The summed E-state index contributed by atoms with van der Waals surface area (Å²) in [5.74, 6) is -0.170. The van der Waals surface area contributed by atoms with Gasteiger partial charge in [-0.05, 0) is 39.2 Å². The molecule has 3 atom stereocenters. The van der Waals surface area contributed by atoms with Crippen LogP contribution in [0, 0.1) is 11.8 Å². The summed E-state index contributed by atoms with van der Waals surface area (Å²) in [6.07, 6.45) is 3.69. The van der Waals surface area contributed by atoms with Gasteiger partial charge in [-0.2, -0.15) is 0 Å². The summed E-state index contributed by atoms with van der Waals surface area (Å²) in [4.78, 5) is 25.6. The number of hydrogen-bond donors (Lipinski definition) is 2. The maximum Gasteiger partial charge on any atom is 0.227 e. The number of primary amides is 1. The molecule has 0 saturated carbocycles. The number of nitrogens with one attached hydrogen (secondary N) is 1. The first-order valence-corrected chi connectivity index (χ1v) is 6.90. The van der Waals surface area contributed by atoms with E-state index in [4.69, 9.17) is 5.73 Å². The quantitative estimate of drug-likeness (QED) is 0.778. The summed E-state index contributed by atoms with van der Waals surface area (Å²) in [6, 6.07) is 0.232. The second-order valence-corrected chi connectivity index (χ2v) is 5.56. The zero-order valence-electron chi connectivity index (χ0n) is 11.4. The topological polar surface area (TPSA) is 75.4 Å². The second kappa shape index (κ2) is 7.10. The molecule has 3 N–H and O–H groups in total. The third-order valence-corrected chi connectivity index (χ3v) is 4.21. The third-order valence-electron chi connectivity index (χ3n) is 4.21. The van der Waals surface area contributed by atoms with E-state index in [1.807, 2.05) is 4.90 Å². The van der Waals surface area contributed by atoms with Gasteiger partial charge in [-0.1, -0.05) is 0 Å². The molecule has 0 aromatic carbocycles. The van der Waals surface area contributed by atoms with Crippen molar-refractivity contribution in [1.82, 2.24) is 10.2 Å². The average molecular weight is 290 g/mol. The van der Waals surface area contributed by atoms with Gasteiger partial charge < -0.3 is 16.0 Å². The zero-order valence-corrected chi connectivity index (χ0v) is 12.2. The number of likely N-dealkylation sites (tertiary alicyclic amines) is 1. The maximum atomic E-state index is 12.5. The smallest absolute Gasteiger partial charge is 0.227 e. The molecule has 3 unspecified atom stereocenters. The van der Waals surface area contributed by atoms with E-state index in [9.17, 15) is 9.59 Å². The molecule has 0 aromatic heterocycles. The highest BCUT2D eigenvalue weighted by atomic mass is 35.5. The lowest BCUT2D eigenvalue weighted by atomic mass is 9.90. The van der Waals surface area contributed by atoms with Crippen LogP contribution in [0.5, 0.6) is 0 Å². The molecule has 6 heteroatoms. The molecule has 0 aliphatic carbocycles. The number of halogens is 1. The van der Waals surface area contributed by atoms with E-state index in [1.54, 1.807) is 0 Å². The first-order chi connectivity index (χ1) is 8.59. The minimum absolute atomic E-state index is 0. The van der Waals surface area contributed by atoms with Gasteiger partial charge >= 0.3 is 0 Å². The van der Waals surface area contributed by atoms with Crippen LogP contribution in [0.4, 0.5) is 0 Å². The van der Waals surface area contributed by atoms with Crippen LogP contribution in [0.25, 0.3) is 0 Å². The van der Waals surface area contributed by atoms with Gasteiger partial charge in [-0.15, -0.1) is 12.4 Å². The van der Waals surface area contributed by atoms with Crippen molar-refractivity contribution in [3.63, 3.8) is 0 Å². The molecule has 2 amide bonds. The van der Waals surface area contributed by atoms with Gasteiger partial charge in [0, 0.05) is 19.1 Å². The number of nitrogens with two attached hydrogens (primary N) is 1. The van der Waals surface area contributed by atoms with Crippen molar-refractivity contribution in [3.05, 3.63) is 0 Å². The lowest BCUT2D eigenvalue weighted by Gasteiger charge is -2.39. The Kier molecular flexibility index (Phi) is 6.07. The fraction of sp³-hybridized carbons (Fsp3) is 0.846. The predicted octanol–water partition coefficient (Wildman–Crippen LogP) is 0.520. The van der Waals surface area contributed by atoms with Gasteiger partial charge in [0.05, 0.1) is 11.8 Å². The molecule has 2 aliphatic rings. The molecule has 2 heterocycles. The van der Waals surface area contributed by atoms with Crippen LogP contribution in [0.3, 0.4) is 0 Å². The standard InChI is InChI=1S/C13H23N3O2.ClH/c1-9-4-5-11(12(14)17)8-16(9)13(18)10-3-2-6-15-7-10;/h9-11,15H,2-8H2,1H3,(H2,14,17);1H. The summed E-state index contributed by atoms with van der Waals surface area (Å²) in [6.45, 7) is 4.34. The Labute approximate surface area is 120 Å². The van der Waals surface area contributed by atoms with E-state index in [-0.39, 0.29) is 42.1 Å². The van der Waals surface area contributed by atoms with E-state index < -0.39 is 0 Å². The fourth-order valence-corrected chi connectivity index (χ4v) is 2.94. The van der Waals surface area contributed by atoms with Crippen LogP contribution in [0.1, 0.15) is 32.6 Å². The van der Waals surface area contributed by atoms with Gasteiger partial charge in [0.15, 0.2) is 0 Å². The first kappa shape index (κ1) is 16.2. The normalized spacial score (nSPS) is 31.4. The Bertz CT molecular complexity index is 332. The molecule has 0 spiro atoms. The second-order valence-electron chi connectivity index (χ2n) is 5.56. The predicted molar refractivity (Wildman–Crippen MR) is 75.9 cm³/mol. The molecule has 2 aliphatic heterocycles. The molecular formula is C13H24ClN3O2. The summed E-state index contributed by atoms with van der Waals surface area (Å²) in [5.41, 5.74) is 5.36. The molecule has 0 aromatic rings. The molecule has 2 fully saturated rings. The third kappa shape index (κ3) is 3.83. The Balaban J connectivity index is 0.00000180. The number of carbonyl (C=O) groups excluding carboxylic acids is 2. The maximum absolute atomic E-state index is 12.5. The highest BCUT2D eigenvalue weighted by Crippen LogP contribution is 2.25. The van der Waals surface area contributed by atoms with Crippen LogP contribution < -0.4 is 11.1 Å². The van der Waals surface area contributed by atoms with E-state index in [1.165, 1.54) is 0 Å². The van der Waals surface area contributed by atoms with Gasteiger partial charge in [0.2, 0.25) is 11.8 Å². The number of hydrogen-bond acceptors (Lipinski definition) is 3. The van der Waals surface area contributed by atoms with Crippen molar-refractivity contribution < 1.29 is 9.59 Å². The summed E-state index contributed by atoms with van der Waals surface area (Å²) < 4.78 is 0. The molecular weight excluding hydrogens is 266 g/mol. The molecule has 2 saturated heterocycles. The van der Waals surface area contributed by atoms with E-state index in [0.717, 1.165) is 38.8 Å². The number of amides is 2.